The maximum absolute atomic E-state index is 13.6. The minimum absolute atomic E-state index is 0.00624. The molecule has 1 aromatic carbocycles. The van der Waals surface area contributed by atoms with Crippen LogP contribution < -0.4 is 0 Å². The van der Waals surface area contributed by atoms with E-state index in [1.54, 1.807) is 17.0 Å². The van der Waals surface area contributed by atoms with Gasteiger partial charge in [-0.2, -0.15) is 0 Å². The number of aromatic nitrogens is 1. The fraction of sp³-hybridized carbons (Fsp3) is 0.360. The van der Waals surface area contributed by atoms with Crippen LogP contribution in [0.5, 0.6) is 0 Å². The molecule has 2 aromatic heterocycles. The molecule has 3 heterocycles. The van der Waals surface area contributed by atoms with Gasteiger partial charge < -0.3 is 18.8 Å². The van der Waals surface area contributed by atoms with Gasteiger partial charge in [0.05, 0.1) is 6.26 Å². The van der Waals surface area contributed by atoms with E-state index < -0.39 is 0 Å². The van der Waals surface area contributed by atoms with E-state index in [2.05, 4.69) is 43.2 Å². The maximum atomic E-state index is 13.6. The highest BCUT2D eigenvalue weighted by atomic mass is 16.3. The number of benzene rings is 1. The van der Waals surface area contributed by atoms with Crippen molar-refractivity contribution >= 4 is 22.7 Å². The molecule has 1 aliphatic heterocycles. The van der Waals surface area contributed by atoms with E-state index in [0.29, 0.717) is 50.1 Å². The van der Waals surface area contributed by atoms with Crippen molar-refractivity contribution in [3.63, 3.8) is 0 Å². The molecule has 31 heavy (non-hydrogen) atoms. The first kappa shape index (κ1) is 21.0. The van der Waals surface area contributed by atoms with E-state index in [9.17, 15) is 9.59 Å². The minimum atomic E-state index is -0.129. The average Bonchev–Trinajstić information content (AvgIpc) is 3.40. The fourth-order valence-corrected chi connectivity index (χ4v) is 4.31. The van der Waals surface area contributed by atoms with Gasteiger partial charge in [-0.15, -0.1) is 6.58 Å². The fourth-order valence-electron chi connectivity index (χ4n) is 4.31. The molecule has 3 aromatic rings. The Kier molecular flexibility index (Phi) is 5.72. The van der Waals surface area contributed by atoms with Crippen molar-refractivity contribution in [2.45, 2.75) is 33.2 Å². The predicted octanol–water partition coefficient (Wildman–Crippen LogP) is 4.45. The number of amides is 2. The lowest BCUT2D eigenvalue weighted by atomic mass is 10.0. The van der Waals surface area contributed by atoms with Crippen molar-refractivity contribution < 1.29 is 14.0 Å². The molecule has 162 valence electrons. The number of furan rings is 1. The lowest BCUT2D eigenvalue weighted by Crippen LogP contribution is -2.51. The number of fused-ring (bicyclic) bond motifs is 1. The lowest BCUT2D eigenvalue weighted by Gasteiger charge is -2.34. The van der Waals surface area contributed by atoms with E-state index in [1.165, 1.54) is 11.8 Å². The SMILES string of the molecule is C=CCn1c(C(=O)N2CCN(C(=O)c3ccco3)CC2)c(C)c2cc(C(C)C)ccc21. The van der Waals surface area contributed by atoms with E-state index in [1.807, 2.05) is 17.9 Å². The van der Waals surface area contributed by atoms with E-state index >= 15 is 0 Å². The summed E-state index contributed by atoms with van der Waals surface area (Å²) in [5.41, 5.74) is 4.02. The Labute approximate surface area is 182 Å². The molecule has 1 fully saturated rings. The van der Waals surface area contributed by atoms with E-state index in [0.717, 1.165) is 16.5 Å². The summed E-state index contributed by atoms with van der Waals surface area (Å²) < 4.78 is 7.29. The first-order chi connectivity index (χ1) is 14.9. The van der Waals surface area contributed by atoms with Gasteiger partial charge in [0, 0.05) is 43.6 Å². The summed E-state index contributed by atoms with van der Waals surface area (Å²) in [6.07, 6.45) is 3.32. The lowest BCUT2D eigenvalue weighted by molar-refractivity contribution is 0.0513. The number of hydrogen-bond donors (Lipinski definition) is 0. The molecule has 0 spiro atoms. The third-order valence-electron chi connectivity index (χ3n) is 6.11. The number of piperazine rings is 1. The second-order valence-corrected chi connectivity index (χ2v) is 8.37. The Morgan fingerprint density at radius 1 is 1.10 bits per heavy atom. The van der Waals surface area contributed by atoms with Gasteiger partial charge in [-0.25, -0.2) is 0 Å². The average molecular weight is 420 g/mol. The monoisotopic (exact) mass is 419 g/mol. The normalized spacial score (nSPS) is 14.5. The highest BCUT2D eigenvalue weighted by Gasteiger charge is 2.29. The number of nitrogens with zero attached hydrogens (tertiary/aromatic N) is 3. The molecule has 1 aliphatic rings. The molecule has 0 N–H and O–H groups in total. The van der Waals surface area contributed by atoms with Crippen LogP contribution in [0.4, 0.5) is 0 Å². The third kappa shape index (κ3) is 3.78. The molecule has 4 rings (SSSR count). The summed E-state index contributed by atoms with van der Waals surface area (Å²) in [7, 11) is 0. The summed E-state index contributed by atoms with van der Waals surface area (Å²) in [6.45, 7) is 12.8. The summed E-state index contributed by atoms with van der Waals surface area (Å²) in [5, 5.41) is 1.11. The number of allylic oxidation sites excluding steroid dienone is 1. The molecule has 0 aliphatic carbocycles. The zero-order valence-electron chi connectivity index (χ0n) is 18.4. The summed E-state index contributed by atoms with van der Waals surface area (Å²) in [4.78, 5) is 29.7. The topological polar surface area (TPSA) is 58.7 Å². The van der Waals surface area contributed by atoms with Crippen LogP contribution in [0, 0.1) is 6.92 Å². The molecule has 0 radical (unpaired) electrons. The van der Waals surface area contributed by atoms with Gasteiger partial charge in [0.25, 0.3) is 11.8 Å². The Balaban J connectivity index is 1.60. The molecule has 0 unspecified atom stereocenters. The Bertz CT molecular complexity index is 1120. The van der Waals surface area contributed by atoms with Gasteiger partial charge in [-0.3, -0.25) is 9.59 Å². The van der Waals surface area contributed by atoms with Gasteiger partial charge in [0.2, 0.25) is 0 Å². The standard InChI is InChI=1S/C25H29N3O3/c1-5-10-28-21-9-8-19(17(2)3)16-20(21)18(4)23(28)25(30)27-13-11-26(12-14-27)24(29)22-7-6-15-31-22/h5-9,15-17H,1,10-14H2,2-4H3. The van der Waals surface area contributed by atoms with Crippen molar-refractivity contribution in [3.8, 4) is 0 Å². The van der Waals surface area contributed by atoms with Crippen LogP contribution in [-0.2, 0) is 6.54 Å². The van der Waals surface area contributed by atoms with Crippen LogP contribution in [0.2, 0.25) is 0 Å². The summed E-state index contributed by atoms with van der Waals surface area (Å²) in [5.74, 6) is 0.634. The molecule has 0 bridgehead atoms. The van der Waals surface area contributed by atoms with Gasteiger partial charge in [-0.1, -0.05) is 26.0 Å². The number of hydrogen-bond acceptors (Lipinski definition) is 3. The van der Waals surface area contributed by atoms with Gasteiger partial charge in [0.1, 0.15) is 5.69 Å². The Morgan fingerprint density at radius 2 is 1.77 bits per heavy atom. The van der Waals surface area contributed by atoms with Gasteiger partial charge in [0.15, 0.2) is 5.76 Å². The first-order valence-corrected chi connectivity index (χ1v) is 10.8. The van der Waals surface area contributed by atoms with Crippen LogP contribution in [0.15, 0.2) is 53.7 Å². The molecular formula is C25H29N3O3. The molecule has 0 saturated carbocycles. The summed E-state index contributed by atoms with van der Waals surface area (Å²) in [6, 6.07) is 9.82. The first-order valence-electron chi connectivity index (χ1n) is 10.8. The summed E-state index contributed by atoms with van der Waals surface area (Å²) >= 11 is 0. The highest BCUT2D eigenvalue weighted by molar-refractivity contribution is 6.02. The molecule has 6 nitrogen and oxygen atoms in total. The number of aryl methyl sites for hydroxylation is 1. The smallest absolute Gasteiger partial charge is 0.289 e. The molecule has 1 saturated heterocycles. The Morgan fingerprint density at radius 3 is 2.35 bits per heavy atom. The molecule has 2 amide bonds. The third-order valence-corrected chi connectivity index (χ3v) is 6.11. The van der Waals surface area contributed by atoms with Crippen LogP contribution in [0.1, 0.15) is 51.9 Å². The maximum Gasteiger partial charge on any atom is 0.289 e. The van der Waals surface area contributed by atoms with Crippen LogP contribution in [0.25, 0.3) is 10.9 Å². The zero-order valence-corrected chi connectivity index (χ0v) is 18.4. The minimum Gasteiger partial charge on any atom is -0.459 e. The quantitative estimate of drug-likeness (QED) is 0.574. The Hall–Kier alpha value is -3.28. The van der Waals surface area contributed by atoms with E-state index in [4.69, 9.17) is 4.42 Å². The second kappa shape index (κ2) is 8.46. The van der Waals surface area contributed by atoms with Crippen molar-refractivity contribution in [1.29, 1.82) is 0 Å². The zero-order chi connectivity index (χ0) is 22.1. The highest BCUT2D eigenvalue weighted by Crippen LogP contribution is 2.30. The van der Waals surface area contributed by atoms with Crippen molar-refractivity contribution in [2.24, 2.45) is 0 Å². The molecular weight excluding hydrogens is 390 g/mol. The largest absolute Gasteiger partial charge is 0.459 e. The van der Waals surface area contributed by atoms with Gasteiger partial charge in [-0.05, 0) is 48.2 Å². The van der Waals surface area contributed by atoms with Gasteiger partial charge >= 0.3 is 0 Å². The van der Waals surface area contributed by atoms with Crippen molar-refractivity contribution in [2.75, 3.05) is 26.2 Å². The molecule has 0 atom stereocenters. The predicted molar refractivity (Wildman–Crippen MR) is 121 cm³/mol. The second-order valence-electron chi connectivity index (χ2n) is 8.37. The number of carbonyl (C=O) groups is 2. The van der Waals surface area contributed by atoms with Crippen LogP contribution in [-0.4, -0.2) is 52.4 Å². The van der Waals surface area contributed by atoms with Crippen LogP contribution >= 0.6 is 0 Å². The number of carbonyl (C=O) groups excluding carboxylic acids is 2. The van der Waals surface area contributed by atoms with Crippen LogP contribution in [0.3, 0.4) is 0 Å². The van der Waals surface area contributed by atoms with Crippen molar-refractivity contribution in [1.82, 2.24) is 14.4 Å². The molecule has 6 heteroatoms. The van der Waals surface area contributed by atoms with E-state index in [-0.39, 0.29) is 11.8 Å². The number of rotatable bonds is 5. The van der Waals surface area contributed by atoms with Crippen molar-refractivity contribution in [3.05, 3.63) is 71.8 Å².